The third-order valence-electron chi connectivity index (χ3n) is 5.69. The Morgan fingerprint density at radius 3 is 2.53 bits per heavy atom. The van der Waals surface area contributed by atoms with Crippen LogP contribution in [0.2, 0.25) is 0 Å². The second kappa shape index (κ2) is 9.94. The monoisotopic (exact) mass is 449 g/mol. The molecule has 1 aliphatic heterocycles. The number of benzene rings is 1. The van der Waals surface area contributed by atoms with E-state index in [1.165, 1.54) is 9.18 Å². The summed E-state index contributed by atoms with van der Waals surface area (Å²) in [5, 5.41) is 5.05. The van der Waals surface area contributed by atoms with Crippen LogP contribution in [0.15, 0.2) is 41.8 Å². The number of nitrogens with zero attached hydrogens (tertiary/aromatic N) is 2. The number of para-hydroxylation sites is 1. The maximum Gasteiger partial charge on any atom is 0.240 e. The molecule has 1 fully saturated rings. The number of aryl methyl sites for hydroxylation is 1. The lowest BCUT2D eigenvalue weighted by Crippen LogP contribution is -2.45. The molecule has 30 heavy (non-hydrogen) atoms. The Hall–Kier alpha value is -1.90. The zero-order valence-electron chi connectivity index (χ0n) is 17.9. The predicted octanol–water partition coefficient (Wildman–Crippen LogP) is 3.41. The van der Waals surface area contributed by atoms with Crippen LogP contribution < -0.4 is 9.62 Å². The van der Waals surface area contributed by atoms with E-state index in [0.717, 1.165) is 43.7 Å². The second-order valence-electron chi connectivity index (χ2n) is 8.11. The molecule has 1 aliphatic rings. The van der Waals surface area contributed by atoms with Gasteiger partial charge in [0.05, 0.1) is 18.0 Å². The van der Waals surface area contributed by atoms with Crippen molar-refractivity contribution in [3.05, 3.63) is 52.2 Å². The first-order valence-electron chi connectivity index (χ1n) is 10.3. The second-order valence-corrected chi connectivity index (χ2v) is 11.0. The van der Waals surface area contributed by atoms with Gasteiger partial charge in [-0.15, -0.1) is 11.3 Å². The van der Waals surface area contributed by atoms with Gasteiger partial charge in [-0.1, -0.05) is 31.2 Å². The van der Waals surface area contributed by atoms with E-state index in [0.29, 0.717) is 12.2 Å². The van der Waals surface area contributed by atoms with Crippen molar-refractivity contribution in [3.8, 4) is 0 Å². The van der Waals surface area contributed by atoms with Crippen LogP contribution in [0.1, 0.15) is 36.2 Å². The summed E-state index contributed by atoms with van der Waals surface area (Å²) in [5.74, 6) is 0.438. The quantitative estimate of drug-likeness (QED) is 0.671. The van der Waals surface area contributed by atoms with E-state index in [1.807, 2.05) is 25.1 Å². The Balaban J connectivity index is 1.69. The van der Waals surface area contributed by atoms with Crippen LogP contribution in [0.25, 0.3) is 0 Å². The highest BCUT2D eigenvalue weighted by Gasteiger charge is 2.27. The van der Waals surface area contributed by atoms with Crippen molar-refractivity contribution >= 4 is 33.0 Å². The van der Waals surface area contributed by atoms with Gasteiger partial charge in [0.15, 0.2) is 0 Å². The van der Waals surface area contributed by atoms with E-state index < -0.39 is 10.0 Å². The number of nitrogens with one attached hydrogen (secondary N) is 1. The fraction of sp³-hybridized carbons (Fsp3) is 0.500. The number of piperidine rings is 1. The first-order valence-corrected chi connectivity index (χ1v) is 13.1. The third kappa shape index (κ3) is 5.83. The number of hydrogen-bond acceptors (Lipinski definition) is 5. The Kier molecular flexibility index (Phi) is 7.55. The Morgan fingerprint density at radius 2 is 1.93 bits per heavy atom. The minimum Gasteiger partial charge on any atom is -0.353 e. The summed E-state index contributed by atoms with van der Waals surface area (Å²) in [5.41, 5.74) is 1.35. The van der Waals surface area contributed by atoms with Crippen LogP contribution in [0.4, 0.5) is 5.69 Å². The molecule has 164 valence electrons. The minimum atomic E-state index is -3.58. The van der Waals surface area contributed by atoms with E-state index in [-0.39, 0.29) is 18.5 Å². The molecule has 1 amide bonds. The minimum absolute atomic E-state index is 0.117. The van der Waals surface area contributed by atoms with E-state index in [4.69, 9.17) is 0 Å². The summed E-state index contributed by atoms with van der Waals surface area (Å²) in [6.45, 7) is 6.40. The van der Waals surface area contributed by atoms with Crippen molar-refractivity contribution < 1.29 is 13.2 Å². The highest BCUT2D eigenvalue weighted by molar-refractivity contribution is 7.92. The maximum absolute atomic E-state index is 12.8. The van der Waals surface area contributed by atoms with E-state index in [2.05, 4.69) is 28.6 Å². The highest BCUT2D eigenvalue weighted by atomic mass is 32.2. The molecule has 8 heteroatoms. The molecule has 0 spiro atoms. The Labute approximate surface area is 183 Å². The average molecular weight is 450 g/mol. The molecule has 6 nitrogen and oxygen atoms in total. The number of sulfonamides is 1. The molecular formula is C22H31N3O3S2. The van der Waals surface area contributed by atoms with Gasteiger partial charge < -0.3 is 5.32 Å². The van der Waals surface area contributed by atoms with Crippen LogP contribution in [-0.4, -0.2) is 51.7 Å². The maximum atomic E-state index is 12.8. The molecule has 2 heterocycles. The van der Waals surface area contributed by atoms with Crippen LogP contribution in [-0.2, 0) is 14.8 Å². The van der Waals surface area contributed by atoms with Crippen molar-refractivity contribution in [2.24, 2.45) is 5.92 Å². The Morgan fingerprint density at radius 1 is 1.23 bits per heavy atom. The van der Waals surface area contributed by atoms with Crippen LogP contribution in [0.3, 0.4) is 0 Å². The van der Waals surface area contributed by atoms with Crippen LogP contribution >= 0.6 is 11.3 Å². The smallest absolute Gasteiger partial charge is 0.240 e. The van der Waals surface area contributed by atoms with Gasteiger partial charge in [-0.25, -0.2) is 8.42 Å². The van der Waals surface area contributed by atoms with Gasteiger partial charge >= 0.3 is 0 Å². The highest BCUT2D eigenvalue weighted by Crippen LogP contribution is 2.29. The van der Waals surface area contributed by atoms with Crippen molar-refractivity contribution in [2.45, 2.75) is 32.7 Å². The number of carbonyl (C=O) groups excluding carboxylic acids is 1. The van der Waals surface area contributed by atoms with Crippen molar-refractivity contribution in [1.82, 2.24) is 10.2 Å². The molecule has 1 N–H and O–H groups in total. The lowest BCUT2D eigenvalue weighted by atomic mass is 9.97. The van der Waals surface area contributed by atoms with Crippen molar-refractivity contribution in [2.75, 3.05) is 36.7 Å². The lowest BCUT2D eigenvalue weighted by molar-refractivity contribution is -0.119. The molecule has 2 aromatic rings. The van der Waals surface area contributed by atoms with Gasteiger partial charge in [-0.05, 0) is 61.8 Å². The molecule has 0 aliphatic carbocycles. The van der Waals surface area contributed by atoms with Gasteiger partial charge in [0.1, 0.15) is 6.54 Å². The summed E-state index contributed by atoms with van der Waals surface area (Å²) < 4.78 is 25.9. The molecule has 0 saturated carbocycles. The topological polar surface area (TPSA) is 69.7 Å². The SMILES string of the molecule is Cc1ccccc1N(CC(=O)NCC(c1cccs1)N1CCC(C)CC1)S(C)(=O)=O. The molecule has 1 atom stereocenters. The van der Waals surface area contributed by atoms with Crippen molar-refractivity contribution in [3.63, 3.8) is 0 Å². The number of anilines is 1. The fourth-order valence-corrected chi connectivity index (χ4v) is 5.63. The van der Waals surface area contributed by atoms with Gasteiger partial charge in [-0.2, -0.15) is 0 Å². The normalized spacial score (nSPS) is 16.9. The van der Waals surface area contributed by atoms with E-state index in [1.54, 1.807) is 23.5 Å². The zero-order valence-corrected chi connectivity index (χ0v) is 19.5. The molecule has 1 saturated heterocycles. The number of amides is 1. The summed E-state index contributed by atoms with van der Waals surface area (Å²) in [6.07, 6.45) is 3.45. The zero-order chi connectivity index (χ0) is 21.7. The number of thiophene rings is 1. The summed E-state index contributed by atoms with van der Waals surface area (Å²) in [6, 6.07) is 11.5. The molecule has 1 unspecified atom stereocenters. The molecule has 1 aromatic carbocycles. The van der Waals surface area contributed by atoms with E-state index >= 15 is 0 Å². The summed E-state index contributed by atoms with van der Waals surface area (Å²) in [4.78, 5) is 16.4. The number of hydrogen-bond donors (Lipinski definition) is 1. The lowest BCUT2D eigenvalue weighted by Gasteiger charge is -2.36. The fourth-order valence-electron chi connectivity index (χ4n) is 3.85. The first-order chi connectivity index (χ1) is 14.3. The van der Waals surface area contributed by atoms with E-state index in [9.17, 15) is 13.2 Å². The summed E-state index contributed by atoms with van der Waals surface area (Å²) in [7, 11) is -3.58. The molecule has 3 rings (SSSR count). The van der Waals surface area contributed by atoms with Crippen LogP contribution in [0.5, 0.6) is 0 Å². The molecule has 0 radical (unpaired) electrons. The average Bonchev–Trinajstić information content (AvgIpc) is 3.22. The number of rotatable bonds is 8. The van der Waals surface area contributed by atoms with Crippen LogP contribution in [0, 0.1) is 12.8 Å². The number of carbonyl (C=O) groups is 1. The molecule has 0 bridgehead atoms. The summed E-state index contributed by atoms with van der Waals surface area (Å²) >= 11 is 1.69. The third-order valence-corrected chi connectivity index (χ3v) is 7.79. The predicted molar refractivity (Wildman–Crippen MR) is 123 cm³/mol. The molecular weight excluding hydrogens is 418 g/mol. The van der Waals surface area contributed by atoms with Crippen molar-refractivity contribution in [1.29, 1.82) is 0 Å². The van der Waals surface area contributed by atoms with Gasteiger partial charge in [0.2, 0.25) is 15.9 Å². The van der Waals surface area contributed by atoms with Gasteiger partial charge in [0, 0.05) is 11.4 Å². The standard InChI is InChI=1S/C22H31N3O3S2/c1-17-10-12-24(13-11-17)20(21-9-6-14-29-21)15-23-22(26)16-25(30(3,27)28)19-8-5-4-7-18(19)2/h4-9,14,17,20H,10-13,15-16H2,1-3H3,(H,23,26). The van der Waals surface area contributed by atoms with Gasteiger partial charge in [-0.3, -0.25) is 14.0 Å². The first kappa shape index (κ1) is 22.8. The molecule has 1 aromatic heterocycles. The Bertz CT molecular complexity index is 936. The largest absolute Gasteiger partial charge is 0.353 e. The van der Waals surface area contributed by atoms with Gasteiger partial charge in [0.25, 0.3) is 0 Å². The number of likely N-dealkylation sites (tertiary alicyclic amines) is 1.